The maximum Gasteiger partial charge on any atom is 0.169 e. The Morgan fingerprint density at radius 3 is 2.22 bits per heavy atom. The molecule has 4 unspecified atom stereocenters. The molecule has 0 aromatic carbocycles. The number of nitriles is 1. The molecule has 1 fully saturated rings. The van der Waals surface area contributed by atoms with Crippen LogP contribution in [0.1, 0.15) is 32.1 Å². The van der Waals surface area contributed by atoms with Crippen molar-refractivity contribution in [1.29, 1.82) is 5.26 Å². The molecule has 0 heterocycles. The van der Waals surface area contributed by atoms with Crippen molar-refractivity contribution in [3.05, 3.63) is 36.0 Å². The summed E-state index contributed by atoms with van der Waals surface area (Å²) in [4.78, 5) is 11.4. The van der Waals surface area contributed by atoms with Crippen LogP contribution in [0.2, 0.25) is 0 Å². The van der Waals surface area contributed by atoms with Crippen molar-refractivity contribution in [2.75, 3.05) is 14.2 Å². The summed E-state index contributed by atoms with van der Waals surface area (Å²) in [5.41, 5.74) is -0.137. The van der Waals surface area contributed by atoms with E-state index < -0.39 is 5.60 Å². The van der Waals surface area contributed by atoms with Crippen LogP contribution in [0, 0.1) is 23.2 Å². The van der Waals surface area contributed by atoms with Crippen LogP contribution in [0.4, 0.5) is 0 Å². The molecule has 1 saturated carbocycles. The first-order chi connectivity index (χ1) is 11.1. The van der Waals surface area contributed by atoms with E-state index in [4.69, 9.17) is 14.7 Å². The van der Waals surface area contributed by atoms with Gasteiger partial charge in [0.2, 0.25) is 0 Å². The summed E-state index contributed by atoms with van der Waals surface area (Å²) in [6.45, 7) is 0. The van der Waals surface area contributed by atoms with Crippen LogP contribution in [-0.4, -0.2) is 31.2 Å². The van der Waals surface area contributed by atoms with E-state index in [2.05, 4.69) is 18.2 Å². The summed E-state index contributed by atoms with van der Waals surface area (Å²) >= 11 is 0. The first kappa shape index (κ1) is 16.2. The van der Waals surface area contributed by atoms with E-state index in [-0.39, 0.29) is 11.4 Å². The highest BCUT2D eigenvalue weighted by Gasteiger charge is 2.43. The molecule has 0 N–H and O–H groups in total. The number of ether oxygens (including phenoxy) is 2. The normalized spacial score (nSPS) is 39.5. The van der Waals surface area contributed by atoms with E-state index in [1.165, 1.54) is 0 Å². The number of nitrogens with zero attached hydrogens (tertiary/aromatic N) is 1. The summed E-state index contributed by atoms with van der Waals surface area (Å²) < 4.78 is 10.6. The summed E-state index contributed by atoms with van der Waals surface area (Å²) in [6, 6.07) is 2.21. The van der Waals surface area contributed by atoms with E-state index in [1.54, 1.807) is 14.2 Å². The van der Waals surface area contributed by atoms with Gasteiger partial charge in [-0.25, -0.2) is 0 Å². The molecule has 6 rings (SSSR count). The van der Waals surface area contributed by atoms with Gasteiger partial charge in [-0.15, -0.1) is 0 Å². The van der Waals surface area contributed by atoms with E-state index >= 15 is 0 Å². The van der Waals surface area contributed by atoms with Crippen LogP contribution in [0.3, 0.4) is 0 Å². The van der Waals surface area contributed by atoms with Crippen molar-refractivity contribution < 1.29 is 14.3 Å². The van der Waals surface area contributed by atoms with Crippen molar-refractivity contribution >= 4 is 5.78 Å². The molecule has 4 bridgehead atoms. The van der Waals surface area contributed by atoms with Gasteiger partial charge in [0.1, 0.15) is 11.2 Å². The zero-order valence-corrected chi connectivity index (χ0v) is 13.7. The van der Waals surface area contributed by atoms with Crippen LogP contribution < -0.4 is 0 Å². The molecule has 6 aliphatic rings. The van der Waals surface area contributed by atoms with E-state index in [0.29, 0.717) is 18.3 Å². The van der Waals surface area contributed by atoms with Gasteiger partial charge in [0, 0.05) is 20.6 Å². The summed E-state index contributed by atoms with van der Waals surface area (Å²) in [5.74, 6) is 1.23. The summed E-state index contributed by atoms with van der Waals surface area (Å²) in [7, 11) is 3.29. The lowest BCUT2D eigenvalue weighted by atomic mass is 9.72. The molecule has 23 heavy (non-hydrogen) atoms. The highest BCUT2D eigenvalue weighted by molar-refractivity contribution is 5.91. The van der Waals surface area contributed by atoms with Gasteiger partial charge < -0.3 is 9.47 Å². The Hall–Kier alpha value is -1.70. The smallest absolute Gasteiger partial charge is 0.169 e. The molecular formula is C19H23NO3. The fourth-order valence-electron chi connectivity index (χ4n) is 3.94. The number of rotatable bonds is 2. The maximum absolute atomic E-state index is 11.4. The minimum Gasteiger partial charge on any atom is -0.369 e. The summed E-state index contributed by atoms with van der Waals surface area (Å²) in [5, 5.41) is 8.88. The number of hydrogen-bond acceptors (Lipinski definition) is 4. The van der Waals surface area contributed by atoms with Crippen molar-refractivity contribution in [2.45, 2.75) is 43.3 Å². The maximum atomic E-state index is 11.4. The molecule has 0 aromatic rings. The van der Waals surface area contributed by atoms with Gasteiger partial charge in [-0.2, -0.15) is 5.26 Å². The van der Waals surface area contributed by atoms with Gasteiger partial charge in [0.15, 0.2) is 5.78 Å². The monoisotopic (exact) mass is 313 g/mol. The van der Waals surface area contributed by atoms with Crippen LogP contribution >= 0.6 is 0 Å². The molecule has 4 heteroatoms. The average Bonchev–Trinajstić information content (AvgIpc) is 2.64. The highest BCUT2D eigenvalue weighted by Crippen LogP contribution is 2.41. The molecule has 6 aliphatic carbocycles. The van der Waals surface area contributed by atoms with Gasteiger partial charge in [-0.05, 0) is 43.6 Å². The minimum absolute atomic E-state index is 0.263. The van der Waals surface area contributed by atoms with E-state index in [9.17, 15) is 4.79 Å². The molecule has 0 aliphatic heterocycles. The average molecular weight is 313 g/mol. The Kier molecular flexibility index (Phi) is 4.27. The molecular weight excluding hydrogens is 290 g/mol. The lowest BCUT2D eigenvalue weighted by molar-refractivity contribution is -0.141. The lowest BCUT2D eigenvalue weighted by Gasteiger charge is -2.38. The molecule has 4 atom stereocenters. The molecule has 0 saturated heterocycles. The fourth-order valence-corrected chi connectivity index (χ4v) is 3.94. The largest absolute Gasteiger partial charge is 0.369 e. The third kappa shape index (κ3) is 2.69. The molecule has 122 valence electrons. The number of fused-ring (bicyclic) bond motifs is 3. The topological polar surface area (TPSA) is 59.3 Å². The Balaban J connectivity index is 0.000000136. The van der Waals surface area contributed by atoms with Crippen molar-refractivity contribution in [3.8, 4) is 6.07 Å². The van der Waals surface area contributed by atoms with Crippen molar-refractivity contribution in [2.24, 2.45) is 11.8 Å². The molecule has 0 spiro atoms. The van der Waals surface area contributed by atoms with Gasteiger partial charge in [0.25, 0.3) is 0 Å². The zero-order valence-electron chi connectivity index (χ0n) is 13.7. The third-order valence-electron chi connectivity index (χ3n) is 5.59. The number of Topliss-reactive ketones (excluding diaryl/α,β-unsaturated/α-hetero) is 1. The number of ketones is 1. The van der Waals surface area contributed by atoms with Crippen LogP contribution in [0.15, 0.2) is 36.0 Å². The lowest BCUT2D eigenvalue weighted by Crippen LogP contribution is -2.46. The van der Waals surface area contributed by atoms with Gasteiger partial charge >= 0.3 is 0 Å². The molecule has 0 amide bonds. The first-order valence-electron chi connectivity index (χ1n) is 8.22. The number of methoxy groups -OCH3 is 2. The zero-order chi connectivity index (χ0) is 16.5. The Bertz CT molecular complexity index is 627. The minimum atomic E-state index is -0.533. The second-order valence-electron chi connectivity index (χ2n) is 6.73. The highest BCUT2D eigenvalue weighted by atomic mass is 16.5. The van der Waals surface area contributed by atoms with Gasteiger partial charge in [-0.3, -0.25) is 4.79 Å². The number of allylic oxidation sites excluding steroid dienone is 3. The predicted molar refractivity (Wildman–Crippen MR) is 86.5 cm³/mol. The number of hydrogen-bond donors (Lipinski definition) is 0. The molecule has 4 nitrogen and oxygen atoms in total. The predicted octanol–water partition coefficient (Wildman–Crippen LogP) is 3.11. The van der Waals surface area contributed by atoms with Gasteiger partial charge in [0.05, 0.1) is 11.6 Å². The molecule has 0 radical (unpaired) electrons. The van der Waals surface area contributed by atoms with Crippen molar-refractivity contribution in [1.82, 2.24) is 0 Å². The SMILES string of the molecule is COC12C=CC(C=C1C#N)CC2.COC12C=CC(CC1)CC2=O. The second-order valence-corrected chi connectivity index (χ2v) is 6.73. The quantitative estimate of drug-likeness (QED) is 0.735. The Labute approximate surface area is 137 Å². The summed E-state index contributed by atoms with van der Waals surface area (Å²) in [6.07, 6.45) is 15.0. The third-order valence-corrected chi connectivity index (χ3v) is 5.59. The number of carbonyl (C=O) groups is 1. The van der Waals surface area contributed by atoms with Gasteiger partial charge in [-0.1, -0.05) is 24.3 Å². The van der Waals surface area contributed by atoms with Crippen LogP contribution in [0.25, 0.3) is 0 Å². The van der Waals surface area contributed by atoms with Crippen LogP contribution in [0.5, 0.6) is 0 Å². The standard InChI is InChI=1S/C10H11NO.C9H12O2/c1-12-10-4-2-8(3-5-10)6-9(10)7-11;1-11-9-4-2-7(3-5-9)6-8(9)10/h2,4,6,8H,3,5H2,1H3;2,4,7H,3,5-6H2,1H3. The fraction of sp³-hybridized carbons (Fsp3) is 0.579. The Morgan fingerprint density at radius 1 is 1.13 bits per heavy atom. The molecule has 0 aromatic heterocycles. The van der Waals surface area contributed by atoms with Crippen molar-refractivity contribution in [3.63, 3.8) is 0 Å². The second kappa shape index (κ2) is 6.07. The first-order valence-corrected chi connectivity index (χ1v) is 8.22. The van der Waals surface area contributed by atoms with E-state index in [0.717, 1.165) is 31.3 Å². The van der Waals surface area contributed by atoms with E-state index in [1.807, 2.05) is 18.2 Å². The van der Waals surface area contributed by atoms with Crippen LogP contribution in [-0.2, 0) is 14.3 Å². The Morgan fingerprint density at radius 2 is 1.83 bits per heavy atom. The number of carbonyl (C=O) groups excluding carboxylic acids is 1.